The number of methoxy groups -OCH3 is 1. The Kier molecular flexibility index (Phi) is 6.25. The van der Waals surface area contributed by atoms with Gasteiger partial charge in [0.2, 0.25) is 5.90 Å². The molecule has 0 aliphatic rings. The van der Waals surface area contributed by atoms with Gasteiger partial charge in [0.1, 0.15) is 11.8 Å². The number of benzene rings is 2. The molecule has 0 spiro atoms. The number of fused-ring (bicyclic) bond motifs is 1. The van der Waals surface area contributed by atoms with Crippen LogP contribution in [0.3, 0.4) is 0 Å². The molecule has 4 heterocycles. The first-order chi connectivity index (χ1) is 19.0. The van der Waals surface area contributed by atoms with Gasteiger partial charge in [-0.3, -0.25) is 15.4 Å². The van der Waals surface area contributed by atoms with Crippen molar-refractivity contribution in [3.8, 4) is 22.3 Å². The number of hydrogen-bond acceptors (Lipinski definition) is 6. The Morgan fingerprint density at radius 2 is 1.69 bits per heavy atom. The smallest absolute Gasteiger partial charge is 0.212 e. The molecule has 0 amide bonds. The Balaban J connectivity index is 1.61. The fourth-order valence-corrected chi connectivity index (χ4v) is 5.15. The molecule has 0 saturated carbocycles. The lowest BCUT2D eigenvalue weighted by molar-refractivity contribution is 0.393. The summed E-state index contributed by atoms with van der Waals surface area (Å²) in [6.07, 6.45) is 5.86. The maximum atomic E-state index is 8.00. The van der Waals surface area contributed by atoms with Gasteiger partial charge in [0.05, 0.1) is 29.5 Å². The van der Waals surface area contributed by atoms with E-state index < -0.39 is 0 Å². The van der Waals surface area contributed by atoms with Gasteiger partial charge < -0.3 is 13.8 Å². The van der Waals surface area contributed by atoms with E-state index in [9.17, 15) is 0 Å². The fourth-order valence-electron chi connectivity index (χ4n) is 5.15. The van der Waals surface area contributed by atoms with E-state index in [1.807, 2.05) is 68.7 Å². The number of rotatable bonds is 6. The first kappa shape index (κ1) is 24.3. The summed E-state index contributed by atoms with van der Waals surface area (Å²) in [5.41, 5.74) is 9.32. The lowest BCUT2D eigenvalue weighted by Gasteiger charge is -2.20. The van der Waals surface area contributed by atoms with Crippen LogP contribution >= 0.6 is 0 Å². The molecule has 6 rings (SSSR count). The molecule has 7 heteroatoms. The number of aryl methyl sites for hydroxylation is 2. The third-order valence-electron chi connectivity index (χ3n) is 7.01. The van der Waals surface area contributed by atoms with E-state index in [-0.39, 0.29) is 11.9 Å². The molecule has 0 bridgehead atoms. The molecule has 0 aliphatic heterocycles. The maximum Gasteiger partial charge on any atom is 0.212 e. The topological polar surface area (TPSA) is 89.8 Å². The summed E-state index contributed by atoms with van der Waals surface area (Å²) in [6.45, 7) is 3.87. The Labute approximate surface area is 226 Å². The summed E-state index contributed by atoms with van der Waals surface area (Å²) >= 11 is 0. The highest BCUT2D eigenvalue weighted by atomic mass is 16.5. The van der Waals surface area contributed by atoms with Crippen molar-refractivity contribution in [2.24, 2.45) is 0 Å². The van der Waals surface area contributed by atoms with Gasteiger partial charge in [0.15, 0.2) is 0 Å². The van der Waals surface area contributed by atoms with E-state index in [1.165, 1.54) is 7.11 Å². The minimum atomic E-state index is -0.175. The van der Waals surface area contributed by atoms with Crippen LogP contribution in [0.15, 0.2) is 102 Å². The summed E-state index contributed by atoms with van der Waals surface area (Å²) in [5, 5.41) is 12.2. The standard InChI is InChI=1S/C32H27N5O2/c1-20-29(21(2)39-36-20)25-17-28-30(35-18-25)26(22-12-14-24(15-13-22)32(33)38-3)19-37(28)31(23-9-5-4-6-10-23)27-11-7-8-16-34-27/h4-19,31,33H,1-3H3/t31-/m1/s1. The average molecular weight is 514 g/mol. The van der Waals surface area contributed by atoms with Crippen LogP contribution in [0.1, 0.15) is 34.3 Å². The van der Waals surface area contributed by atoms with Crippen molar-refractivity contribution in [1.82, 2.24) is 19.7 Å². The highest BCUT2D eigenvalue weighted by Gasteiger charge is 2.24. The van der Waals surface area contributed by atoms with Gasteiger partial charge in [0, 0.05) is 40.8 Å². The van der Waals surface area contributed by atoms with Gasteiger partial charge in [-0.1, -0.05) is 53.7 Å². The molecule has 2 aromatic carbocycles. The second-order valence-electron chi connectivity index (χ2n) is 9.42. The van der Waals surface area contributed by atoms with E-state index in [4.69, 9.17) is 24.6 Å². The van der Waals surface area contributed by atoms with Crippen molar-refractivity contribution in [2.75, 3.05) is 7.11 Å². The Morgan fingerprint density at radius 1 is 0.923 bits per heavy atom. The largest absolute Gasteiger partial charge is 0.481 e. The van der Waals surface area contributed by atoms with E-state index in [0.717, 1.165) is 56.0 Å². The molecular weight excluding hydrogens is 486 g/mol. The Morgan fingerprint density at radius 3 is 2.36 bits per heavy atom. The van der Waals surface area contributed by atoms with Crippen molar-refractivity contribution in [3.63, 3.8) is 0 Å². The minimum absolute atomic E-state index is 0.130. The van der Waals surface area contributed by atoms with Gasteiger partial charge in [-0.05, 0) is 55.3 Å². The van der Waals surface area contributed by atoms with Crippen LogP contribution in [-0.4, -0.2) is 32.7 Å². The zero-order valence-corrected chi connectivity index (χ0v) is 21.9. The molecule has 0 saturated heterocycles. The molecule has 39 heavy (non-hydrogen) atoms. The van der Waals surface area contributed by atoms with Gasteiger partial charge in [-0.2, -0.15) is 0 Å². The molecule has 4 aromatic heterocycles. The summed E-state index contributed by atoms with van der Waals surface area (Å²) in [6, 6.07) is 26.2. The fraction of sp³-hybridized carbons (Fsp3) is 0.125. The van der Waals surface area contributed by atoms with E-state index in [0.29, 0.717) is 5.56 Å². The first-order valence-electron chi connectivity index (χ1n) is 12.7. The molecule has 1 atom stereocenters. The predicted molar refractivity (Wildman–Crippen MR) is 152 cm³/mol. The molecule has 1 N–H and O–H groups in total. The highest BCUT2D eigenvalue weighted by molar-refractivity contribution is 5.97. The SMILES string of the molecule is COC(=N)c1ccc(-c2cn([C@H](c3ccccc3)c3ccccn3)c3cc(-c4c(C)noc4C)cnc23)cc1. The Hall–Kier alpha value is -5.04. The van der Waals surface area contributed by atoms with Crippen LogP contribution in [0.2, 0.25) is 0 Å². The van der Waals surface area contributed by atoms with Crippen LogP contribution in [-0.2, 0) is 4.74 Å². The number of ether oxygens (including phenoxy) is 1. The zero-order valence-electron chi connectivity index (χ0n) is 21.9. The number of aromatic nitrogens is 4. The number of nitrogens with one attached hydrogen (secondary N) is 1. The highest BCUT2D eigenvalue weighted by Crippen LogP contribution is 2.38. The molecular formula is C32H27N5O2. The monoisotopic (exact) mass is 513 g/mol. The van der Waals surface area contributed by atoms with Crippen LogP contribution in [0.25, 0.3) is 33.3 Å². The van der Waals surface area contributed by atoms with Crippen molar-refractivity contribution in [2.45, 2.75) is 19.9 Å². The molecule has 6 aromatic rings. The number of hydrogen-bond donors (Lipinski definition) is 1. The Bertz CT molecular complexity index is 1710. The first-order valence-corrected chi connectivity index (χ1v) is 12.7. The molecule has 0 aliphatic carbocycles. The number of nitrogens with zero attached hydrogens (tertiary/aromatic N) is 4. The lowest BCUT2D eigenvalue weighted by atomic mass is 10.0. The summed E-state index contributed by atoms with van der Waals surface area (Å²) in [7, 11) is 1.51. The van der Waals surface area contributed by atoms with Crippen molar-refractivity contribution >= 4 is 16.9 Å². The number of pyridine rings is 2. The second-order valence-corrected chi connectivity index (χ2v) is 9.42. The predicted octanol–water partition coefficient (Wildman–Crippen LogP) is 6.98. The van der Waals surface area contributed by atoms with Crippen molar-refractivity contribution in [1.29, 1.82) is 5.41 Å². The molecule has 0 unspecified atom stereocenters. The molecule has 192 valence electrons. The second kappa shape index (κ2) is 10.0. The van der Waals surface area contributed by atoms with E-state index in [1.54, 1.807) is 0 Å². The molecule has 0 fully saturated rings. The third kappa shape index (κ3) is 4.38. The maximum absolute atomic E-state index is 8.00. The minimum Gasteiger partial charge on any atom is -0.481 e. The van der Waals surface area contributed by atoms with E-state index >= 15 is 0 Å². The van der Waals surface area contributed by atoms with Crippen molar-refractivity contribution < 1.29 is 9.26 Å². The average Bonchev–Trinajstić information content (AvgIpc) is 3.52. The summed E-state index contributed by atoms with van der Waals surface area (Å²) < 4.78 is 12.8. The van der Waals surface area contributed by atoms with Crippen molar-refractivity contribution in [3.05, 3.63) is 126 Å². The van der Waals surface area contributed by atoms with Crippen LogP contribution in [0.4, 0.5) is 0 Å². The summed E-state index contributed by atoms with van der Waals surface area (Å²) in [5.74, 6) is 0.887. The third-order valence-corrected chi connectivity index (χ3v) is 7.01. The van der Waals surface area contributed by atoms with Gasteiger partial charge >= 0.3 is 0 Å². The van der Waals surface area contributed by atoms with Gasteiger partial charge in [-0.25, -0.2) is 0 Å². The van der Waals surface area contributed by atoms with E-state index in [2.05, 4.69) is 52.3 Å². The van der Waals surface area contributed by atoms with Crippen LogP contribution in [0.5, 0.6) is 0 Å². The molecule has 7 nitrogen and oxygen atoms in total. The normalized spacial score (nSPS) is 12.0. The van der Waals surface area contributed by atoms with Gasteiger partial charge in [0.25, 0.3) is 0 Å². The van der Waals surface area contributed by atoms with Crippen LogP contribution in [0, 0.1) is 19.3 Å². The molecule has 0 radical (unpaired) electrons. The summed E-state index contributed by atoms with van der Waals surface area (Å²) in [4.78, 5) is 9.74. The van der Waals surface area contributed by atoms with Gasteiger partial charge in [-0.15, -0.1) is 0 Å². The zero-order chi connectivity index (χ0) is 26.9. The van der Waals surface area contributed by atoms with Crippen LogP contribution < -0.4 is 0 Å². The lowest BCUT2D eigenvalue weighted by Crippen LogP contribution is -2.13. The quantitative estimate of drug-likeness (QED) is 0.192.